The summed E-state index contributed by atoms with van der Waals surface area (Å²) in [5.74, 6) is 1.17. The molecule has 1 aliphatic carbocycles. The first kappa shape index (κ1) is 24.4. The van der Waals surface area contributed by atoms with Gasteiger partial charge in [0.25, 0.3) is 0 Å². The Morgan fingerprint density at radius 1 is 1.32 bits per heavy atom. The molecule has 0 radical (unpaired) electrons. The Balaban J connectivity index is 1.63. The predicted molar refractivity (Wildman–Crippen MR) is 134 cm³/mol. The SMILES string of the molecule is CSc1ccc(N=CCC(NC(=O)C(C)(C)Sc2ccc(Cl)cc2Cl)C2CCC2)nc1. The van der Waals surface area contributed by atoms with Crippen molar-refractivity contribution in [2.45, 2.75) is 60.1 Å². The van der Waals surface area contributed by atoms with Crippen LogP contribution in [0.3, 0.4) is 0 Å². The number of benzene rings is 1. The van der Waals surface area contributed by atoms with Gasteiger partial charge in [-0.2, -0.15) is 0 Å². The molecule has 2 aromatic rings. The first-order valence-corrected chi connectivity index (χ1v) is 13.1. The molecule has 1 N–H and O–H groups in total. The van der Waals surface area contributed by atoms with Gasteiger partial charge >= 0.3 is 0 Å². The summed E-state index contributed by atoms with van der Waals surface area (Å²) in [6.45, 7) is 3.84. The van der Waals surface area contributed by atoms with Crippen LogP contribution in [0.4, 0.5) is 5.82 Å². The number of thioether (sulfide) groups is 2. The maximum Gasteiger partial charge on any atom is 0.236 e. The van der Waals surface area contributed by atoms with Gasteiger partial charge in [0, 0.05) is 39.7 Å². The van der Waals surface area contributed by atoms with Gasteiger partial charge in [-0.25, -0.2) is 9.98 Å². The van der Waals surface area contributed by atoms with Crippen molar-refractivity contribution in [3.05, 3.63) is 46.6 Å². The van der Waals surface area contributed by atoms with Gasteiger partial charge in [-0.05, 0) is 69.2 Å². The quantitative estimate of drug-likeness (QED) is 0.298. The molecule has 31 heavy (non-hydrogen) atoms. The van der Waals surface area contributed by atoms with Crippen LogP contribution in [0.25, 0.3) is 0 Å². The number of aromatic nitrogens is 1. The number of pyridine rings is 1. The molecule has 8 heteroatoms. The van der Waals surface area contributed by atoms with Crippen molar-refractivity contribution in [2.75, 3.05) is 6.26 Å². The Bertz CT molecular complexity index is 931. The van der Waals surface area contributed by atoms with Crippen LogP contribution in [0.15, 0.2) is 51.3 Å². The summed E-state index contributed by atoms with van der Waals surface area (Å²) in [4.78, 5) is 23.9. The lowest BCUT2D eigenvalue weighted by atomic mass is 9.78. The molecule has 4 nitrogen and oxygen atoms in total. The Kier molecular flexibility index (Phi) is 8.74. The van der Waals surface area contributed by atoms with Crippen LogP contribution in [-0.4, -0.2) is 34.2 Å². The summed E-state index contributed by atoms with van der Waals surface area (Å²) in [5.41, 5.74) is 0. The minimum absolute atomic E-state index is 0.00346. The summed E-state index contributed by atoms with van der Waals surface area (Å²) >= 11 is 15.4. The molecule has 1 aromatic carbocycles. The van der Waals surface area contributed by atoms with Crippen molar-refractivity contribution in [3.63, 3.8) is 0 Å². The molecule has 1 atom stereocenters. The number of amides is 1. The molecule has 0 bridgehead atoms. The maximum atomic E-state index is 13.1. The summed E-state index contributed by atoms with van der Waals surface area (Å²) in [6, 6.07) is 9.34. The molecule has 0 aliphatic heterocycles. The fourth-order valence-corrected chi connectivity index (χ4v) is 5.14. The van der Waals surface area contributed by atoms with E-state index in [9.17, 15) is 4.79 Å². The monoisotopic (exact) mass is 495 g/mol. The first-order chi connectivity index (χ1) is 14.8. The number of aliphatic imine (C=N–C) groups is 1. The number of rotatable bonds is 9. The summed E-state index contributed by atoms with van der Waals surface area (Å²) < 4.78 is -0.675. The molecule has 3 rings (SSSR count). The van der Waals surface area contributed by atoms with Gasteiger partial charge in [-0.15, -0.1) is 23.5 Å². The Hall–Kier alpha value is -1.21. The fraction of sp³-hybridized carbons (Fsp3) is 0.435. The van der Waals surface area contributed by atoms with Crippen LogP contribution in [0, 0.1) is 5.92 Å². The molecule has 1 unspecified atom stereocenters. The average Bonchev–Trinajstić information content (AvgIpc) is 2.69. The summed E-state index contributed by atoms with van der Waals surface area (Å²) in [6.07, 6.45) is 9.89. The highest BCUT2D eigenvalue weighted by atomic mass is 35.5. The number of carbonyl (C=O) groups excluding carboxylic acids is 1. The highest BCUT2D eigenvalue weighted by Gasteiger charge is 2.34. The van der Waals surface area contributed by atoms with Gasteiger partial charge < -0.3 is 5.32 Å². The van der Waals surface area contributed by atoms with Crippen molar-refractivity contribution in [1.29, 1.82) is 0 Å². The van der Waals surface area contributed by atoms with Gasteiger partial charge in [-0.3, -0.25) is 4.79 Å². The normalized spacial score (nSPS) is 15.6. The number of halogens is 2. The maximum absolute atomic E-state index is 13.1. The van der Waals surface area contributed by atoms with Crippen LogP contribution in [0.5, 0.6) is 0 Å². The van der Waals surface area contributed by atoms with E-state index in [1.807, 2.05) is 50.7 Å². The van der Waals surface area contributed by atoms with E-state index < -0.39 is 4.75 Å². The van der Waals surface area contributed by atoms with Crippen LogP contribution in [-0.2, 0) is 4.79 Å². The highest BCUT2D eigenvalue weighted by Crippen LogP contribution is 2.39. The fourth-order valence-electron chi connectivity index (χ4n) is 3.26. The van der Waals surface area contributed by atoms with Gasteiger partial charge in [0.15, 0.2) is 5.82 Å². The van der Waals surface area contributed by atoms with E-state index >= 15 is 0 Å². The molecule has 1 amide bonds. The minimum Gasteiger partial charge on any atom is -0.352 e. The lowest BCUT2D eigenvalue weighted by molar-refractivity contribution is -0.123. The van der Waals surface area contributed by atoms with Crippen LogP contribution in [0.2, 0.25) is 10.0 Å². The van der Waals surface area contributed by atoms with Gasteiger partial charge in [0.1, 0.15) is 0 Å². The van der Waals surface area contributed by atoms with Crippen LogP contribution >= 0.6 is 46.7 Å². The molecule has 0 saturated heterocycles. The Morgan fingerprint density at radius 2 is 2.10 bits per heavy atom. The van der Waals surface area contributed by atoms with Crippen LogP contribution in [0.1, 0.15) is 39.5 Å². The molecular formula is C23H27Cl2N3OS2. The smallest absolute Gasteiger partial charge is 0.236 e. The van der Waals surface area contributed by atoms with E-state index in [4.69, 9.17) is 23.2 Å². The summed E-state index contributed by atoms with van der Waals surface area (Å²) in [5, 5.41) is 4.41. The zero-order valence-electron chi connectivity index (χ0n) is 17.9. The zero-order valence-corrected chi connectivity index (χ0v) is 21.0. The van der Waals surface area contributed by atoms with Crippen molar-refractivity contribution in [1.82, 2.24) is 10.3 Å². The third kappa shape index (κ3) is 6.88. The molecule has 1 saturated carbocycles. The molecule has 0 spiro atoms. The van der Waals surface area contributed by atoms with E-state index in [2.05, 4.69) is 15.3 Å². The number of carbonyl (C=O) groups is 1. The molecule has 1 heterocycles. The van der Waals surface area contributed by atoms with Crippen LogP contribution < -0.4 is 5.32 Å². The largest absolute Gasteiger partial charge is 0.352 e. The van der Waals surface area contributed by atoms with E-state index in [0.717, 1.165) is 22.6 Å². The second-order valence-electron chi connectivity index (χ2n) is 8.06. The Labute approximate surface area is 203 Å². The minimum atomic E-state index is -0.675. The second-order valence-corrected chi connectivity index (χ2v) is 11.4. The van der Waals surface area contributed by atoms with E-state index in [0.29, 0.717) is 28.2 Å². The van der Waals surface area contributed by atoms with Crippen molar-refractivity contribution in [2.24, 2.45) is 10.9 Å². The van der Waals surface area contributed by atoms with Crippen molar-refractivity contribution in [3.8, 4) is 0 Å². The standard InChI is InChI=1S/C23H27Cl2N3OS2/c1-23(2,31-20-9-7-16(24)13-18(20)25)22(29)28-19(15-5-4-6-15)11-12-26-21-10-8-17(30-3)14-27-21/h7-10,12-15,19H,4-6,11H2,1-3H3,(H,28,29). The first-order valence-electron chi connectivity index (χ1n) is 10.3. The zero-order chi connectivity index (χ0) is 22.4. The molecular weight excluding hydrogens is 469 g/mol. The van der Waals surface area contributed by atoms with E-state index in [-0.39, 0.29) is 11.9 Å². The predicted octanol–water partition coefficient (Wildman–Crippen LogP) is 7.06. The number of hydrogen-bond acceptors (Lipinski definition) is 5. The van der Waals surface area contributed by atoms with E-state index in [1.54, 1.807) is 23.9 Å². The van der Waals surface area contributed by atoms with Crippen molar-refractivity contribution < 1.29 is 4.79 Å². The molecule has 1 aromatic heterocycles. The van der Waals surface area contributed by atoms with Gasteiger partial charge in [0.2, 0.25) is 5.91 Å². The average molecular weight is 497 g/mol. The Morgan fingerprint density at radius 3 is 2.68 bits per heavy atom. The molecule has 1 fully saturated rings. The van der Waals surface area contributed by atoms with Gasteiger partial charge in [0.05, 0.1) is 9.77 Å². The third-order valence-corrected chi connectivity index (χ3v) is 8.02. The highest BCUT2D eigenvalue weighted by molar-refractivity contribution is 8.01. The third-order valence-electron chi connectivity index (χ3n) is 5.38. The lowest BCUT2D eigenvalue weighted by Crippen LogP contribution is -2.49. The topological polar surface area (TPSA) is 54.4 Å². The molecule has 1 aliphatic rings. The van der Waals surface area contributed by atoms with E-state index in [1.165, 1.54) is 18.2 Å². The summed E-state index contributed by atoms with van der Waals surface area (Å²) in [7, 11) is 0. The second kappa shape index (κ2) is 11.1. The number of nitrogens with zero attached hydrogens (tertiary/aromatic N) is 2. The number of nitrogens with one attached hydrogen (secondary N) is 1. The number of hydrogen-bond donors (Lipinski definition) is 1. The molecule has 166 valence electrons. The van der Waals surface area contributed by atoms with Crippen molar-refractivity contribution >= 4 is 64.7 Å². The van der Waals surface area contributed by atoms with Gasteiger partial charge in [-0.1, -0.05) is 29.6 Å². The lowest BCUT2D eigenvalue weighted by Gasteiger charge is -2.35.